The van der Waals surface area contributed by atoms with Gasteiger partial charge >= 0.3 is 5.97 Å². The normalized spacial score (nSPS) is 11.7. The number of hydrogen-bond donors (Lipinski definition) is 1. The van der Waals surface area contributed by atoms with Crippen molar-refractivity contribution < 1.29 is 14.3 Å². The quantitative estimate of drug-likeness (QED) is 0.513. The van der Waals surface area contributed by atoms with Gasteiger partial charge in [-0.05, 0) is 51.1 Å². The van der Waals surface area contributed by atoms with Crippen LogP contribution in [-0.4, -0.2) is 27.5 Å². The van der Waals surface area contributed by atoms with Crippen molar-refractivity contribution in [2.45, 2.75) is 26.9 Å². The van der Waals surface area contributed by atoms with Crippen LogP contribution in [0.5, 0.6) is 0 Å². The van der Waals surface area contributed by atoms with E-state index < -0.39 is 18.0 Å². The lowest BCUT2D eigenvalue weighted by molar-refractivity contribution is -0.123. The number of benzene rings is 1. The van der Waals surface area contributed by atoms with Gasteiger partial charge < -0.3 is 14.6 Å². The van der Waals surface area contributed by atoms with Crippen molar-refractivity contribution in [3.05, 3.63) is 76.8 Å². The maximum atomic E-state index is 12.6. The minimum atomic E-state index is -0.997. The van der Waals surface area contributed by atoms with E-state index >= 15 is 0 Å². The molecule has 2 aromatic heterocycles. The number of esters is 1. The Labute approximate surface area is 168 Å². The second kappa shape index (κ2) is 8.27. The molecule has 6 nitrogen and oxygen atoms in total. The zero-order valence-corrected chi connectivity index (χ0v) is 16.5. The summed E-state index contributed by atoms with van der Waals surface area (Å²) in [6, 6.07) is 14.7. The molecule has 0 spiro atoms. The molecular formula is C21H20ClN3O3. The Morgan fingerprint density at radius 1 is 1.14 bits per heavy atom. The number of aromatic nitrogens is 2. The number of anilines is 1. The third-order valence-electron chi connectivity index (χ3n) is 4.34. The molecule has 1 aromatic carbocycles. The number of pyridine rings is 1. The molecule has 28 heavy (non-hydrogen) atoms. The van der Waals surface area contributed by atoms with Crippen LogP contribution in [0.15, 0.2) is 54.7 Å². The number of rotatable bonds is 5. The van der Waals surface area contributed by atoms with Crippen molar-refractivity contribution in [1.82, 2.24) is 9.55 Å². The highest BCUT2D eigenvalue weighted by Gasteiger charge is 2.23. The van der Waals surface area contributed by atoms with Crippen molar-refractivity contribution in [2.24, 2.45) is 0 Å². The highest BCUT2D eigenvalue weighted by molar-refractivity contribution is 6.32. The van der Waals surface area contributed by atoms with Crippen molar-refractivity contribution in [1.29, 1.82) is 0 Å². The zero-order valence-electron chi connectivity index (χ0n) is 15.8. The van der Waals surface area contributed by atoms with E-state index in [4.69, 9.17) is 16.3 Å². The van der Waals surface area contributed by atoms with Gasteiger partial charge in [0.1, 0.15) is 0 Å². The molecule has 1 atom stereocenters. The molecule has 0 aliphatic rings. The fraction of sp³-hybridized carbons (Fsp3) is 0.190. The summed E-state index contributed by atoms with van der Waals surface area (Å²) >= 11 is 5.94. The lowest BCUT2D eigenvalue weighted by Crippen LogP contribution is -2.30. The van der Waals surface area contributed by atoms with Gasteiger partial charge in [-0.3, -0.25) is 4.79 Å². The molecule has 0 radical (unpaired) electrons. The van der Waals surface area contributed by atoms with E-state index in [9.17, 15) is 9.59 Å². The minimum absolute atomic E-state index is 0.167. The number of para-hydroxylation sites is 1. The Hall–Kier alpha value is -3.12. The first-order valence-electron chi connectivity index (χ1n) is 8.75. The number of aryl methyl sites for hydroxylation is 1. The van der Waals surface area contributed by atoms with E-state index in [1.807, 2.05) is 48.7 Å². The van der Waals surface area contributed by atoms with Crippen LogP contribution in [0.1, 0.15) is 28.7 Å². The van der Waals surface area contributed by atoms with Crippen LogP contribution in [0.25, 0.3) is 5.69 Å². The maximum Gasteiger partial charge on any atom is 0.340 e. The van der Waals surface area contributed by atoms with Crippen LogP contribution in [0.3, 0.4) is 0 Å². The van der Waals surface area contributed by atoms with Gasteiger partial charge in [-0.2, -0.15) is 0 Å². The summed E-state index contributed by atoms with van der Waals surface area (Å²) in [6.45, 7) is 5.27. The van der Waals surface area contributed by atoms with E-state index in [0.29, 0.717) is 11.3 Å². The fourth-order valence-corrected chi connectivity index (χ4v) is 3.10. The van der Waals surface area contributed by atoms with Gasteiger partial charge in [-0.1, -0.05) is 29.8 Å². The van der Waals surface area contributed by atoms with Crippen LogP contribution < -0.4 is 5.32 Å². The van der Waals surface area contributed by atoms with E-state index in [-0.39, 0.29) is 5.15 Å². The summed E-state index contributed by atoms with van der Waals surface area (Å²) in [7, 11) is 0. The Morgan fingerprint density at radius 2 is 1.86 bits per heavy atom. The fourth-order valence-electron chi connectivity index (χ4n) is 2.94. The molecule has 0 aliphatic carbocycles. The zero-order chi connectivity index (χ0) is 20.3. The SMILES string of the molecule is Cc1cc(C(=O)O[C@H](C)C(=O)Nc2cccnc2Cl)c(C)n1-c1ccccc1. The molecule has 7 heteroatoms. The summed E-state index contributed by atoms with van der Waals surface area (Å²) in [5, 5.41) is 2.78. The predicted octanol–water partition coefficient (Wildman–Crippen LogP) is 4.33. The van der Waals surface area contributed by atoms with E-state index in [0.717, 1.165) is 17.1 Å². The third-order valence-corrected chi connectivity index (χ3v) is 4.64. The van der Waals surface area contributed by atoms with Crippen molar-refractivity contribution in [2.75, 3.05) is 5.32 Å². The Morgan fingerprint density at radius 3 is 2.54 bits per heavy atom. The van der Waals surface area contributed by atoms with Crippen LogP contribution in [0.4, 0.5) is 5.69 Å². The van der Waals surface area contributed by atoms with E-state index in [1.54, 1.807) is 18.2 Å². The molecule has 0 aliphatic heterocycles. The van der Waals surface area contributed by atoms with Gasteiger partial charge in [0.05, 0.1) is 11.3 Å². The Kier molecular flexibility index (Phi) is 5.80. The second-order valence-corrected chi connectivity index (χ2v) is 6.69. The molecule has 2 heterocycles. The molecule has 0 saturated carbocycles. The van der Waals surface area contributed by atoms with Crippen LogP contribution in [0, 0.1) is 13.8 Å². The first-order valence-corrected chi connectivity index (χ1v) is 9.13. The smallest absolute Gasteiger partial charge is 0.340 e. The van der Waals surface area contributed by atoms with E-state index in [1.165, 1.54) is 13.1 Å². The van der Waals surface area contributed by atoms with Gasteiger partial charge in [0, 0.05) is 23.3 Å². The largest absolute Gasteiger partial charge is 0.449 e. The summed E-state index contributed by atoms with van der Waals surface area (Å²) in [5.74, 6) is -1.05. The molecule has 0 unspecified atom stereocenters. The Balaban J connectivity index is 1.74. The number of nitrogens with one attached hydrogen (secondary N) is 1. The van der Waals surface area contributed by atoms with Gasteiger partial charge in [0.2, 0.25) is 0 Å². The topological polar surface area (TPSA) is 73.2 Å². The molecule has 144 valence electrons. The molecular weight excluding hydrogens is 378 g/mol. The lowest BCUT2D eigenvalue weighted by Gasteiger charge is -2.14. The van der Waals surface area contributed by atoms with Gasteiger partial charge in [0.25, 0.3) is 5.91 Å². The summed E-state index contributed by atoms with van der Waals surface area (Å²) in [6.07, 6.45) is 0.521. The standard InChI is InChI=1S/C21H20ClN3O3/c1-13-12-17(14(2)25(13)16-8-5-4-6-9-16)21(27)28-15(3)20(26)24-18-10-7-11-23-19(18)22/h4-12,15H,1-3H3,(H,24,26)/t15-/m1/s1. The number of hydrogen-bond acceptors (Lipinski definition) is 4. The van der Waals surface area contributed by atoms with Crippen molar-refractivity contribution in [3.63, 3.8) is 0 Å². The van der Waals surface area contributed by atoms with Gasteiger partial charge in [0.15, 0.2) is 11.3 Å². The molecule has 3 rings (SSSR count). The lowest BCUT2D eigenvalue weighted by atomic mass is 10.2. The first-order chi connectivity index (χ1) is 13.4. The molecule has 3 aromatic rings. The maximum absolute atomic E-state index is 12.6. The van der Waals surface area contributed by atoms with E-state index in [2.05, 4.69) is 10.3 Å². The van der Waals surface area contributed by atoms with Crippen LogP contribution >= 0.6 is 11.6 Å². The summed E-state index contributed by atoms with van der Waals surface area (Å²) < 4.78 is 7.34. The van der Waals surface area contributed by atoms with Gasteiger partial charge in [-0.25, -0.2) is 9.78 Å². The van der Waals surface area contributed by atoms with Crippen LogP contribution in [-0.2, 0) is 9.53 Å². The molecule has 0 saturated heterocycles. The summed E-state index contributed by atoms with van der Waals surface area (Å²) in [5.41, 5.74) is 3.37. The number of ether oxygens (including phenoxy) is 1. The minimum Gasteiger partial charge on any atom is -0.449 e. The highest BCUT2D eigenvalue weighted by Crippen LogP contribution is 2.22. The molecule has 1 N–H and O–H groups in total. The summed E-state index contributed by atoms with van der Waals surface area (Å²) in [4.78, 5) is 28.9. The molecule has 1 amide bonds. The third kappa shape index (κ3) is 4.07. The monoisotopic (exact) mass is 397 g/mol. The average molecular weight is 398 g/mol. The highest BCUT2D eigenvalue weighted by atomic mass is 35.5. The number of carbonyl (C=O) groups is 2. The van der Waals surface area contributed by atoms with Crippen molar-refractivity contribution in [3.8, 4) is 5.69 Å². The number of halogens is 1. The average Bonchev–Trinajstić information content (AvgIpc) is 2.98. The molecule has 0 fully saturated rings. The number of nitrogens with zero attached hydrogens (tertiary/aromatic N) is 2. The Bertz CT molecular complexity index is 1010. The van der Waals surface area contributed by atoms with Crippen LogP contribution in [0.2, 0.25) is 5.15 Å². The second-order valence-electron chi connectivity index (χ2n) is 6.33. The predicted molar refractivity (Wildman–Crippen MR) is 108 cm³/mol. The number of amides is 1. The molecule has 0 bridgehead atoms. The number of carbonyl (C=O) groups excluding carboxylic acids is 2. The first kappa shape index (κ1) is 19.6. The van der Waals surface area contributed by atoms with Crippen molar-refractivity contribution >= 4 is 29.2 Å². The van der Waals surface area contributed by atoms with Gasteiger partial charge in [-0.15, -0.1) is 0 Å².